The summed E-state index contributed by atoms with van der Waals surface area (Å²) in [5.41, 5.74) is 5.15. The minimum absolute atomic E-state index is 0.0428. The molecule has 4 fully saturated rings. The van der Waals surface area contributed by atoms with Gasteiger partial charge in [-0.1, -0.05) is 32.9 Å². The van der Waals surface area contributed by atoms with Gasteiger partial charge < -0.3 is 18.6 Å². The molecule has 2 aliphatic carbocycles. The SMILES string of the molecule is CC1(C)OC[C@H](c2cc(C3CCC(C)(C)N3[O])c3c(c2C2CCC(C)(C)N2[O])C2=C[C@@H](O[Si](C)(C)C(C)(C)C)C[C@@]24O[C@@H]34)O1. The van der Waals surface area contributed by atoms with E-state index in [9.17, 15) is 10.4 Å². The summed E-state index contributed by atoms with van der Waals surface area (Å²) >= 11 is 0. The molecule has 8 nitrogen and oxygen atoms in total. The molecule has 1 aromatic carbocycles. The molecule has 4 heterocycles. The maximum absolute atomic E-state index is 14.1. The van der Waals surface area contributed by atoms with E-state index in [1.54, 1.807) is 0 Å². The predicted octanol–water partition coefficient (Wildman–Crippen LogP) is 8.03. The van der Waals surface area contributed by atoms with Crippen LogP contribution in [-0.2, 0) is 29.1 Å². The third-order valence-corrected chi connectivity index (χ3v) is 16.6. The number of hydrogen-bond donors (Lipinski definition) is 0. The van der Waals surface area contributed by atoms with Gasteiger partial charge in [-0.05, 0) is 119 Å². The van der Waals surface area contributed by atoms with Gasteiger partial charge in [0.25, 0.3) is 0 Å². The lowest BCUT2D eigenvalue weighted by atomic mass is 9.82. The van der Waals surface area contributed by atoms with Gasteiger partial charge in [0.2, 0.25) is 0 Å². The number of rotatable bonds is 5. The number of benzene rings is 1. The Bertz CT molecular complexity index is 1410. The molecular formula is C35H52N2O6Si. The fourth-order valence-corrected chi connectivity index (χ4v) is 9.70. The van der Waals surface area contributed by atoms with Gasteiger partial charge in [0.05, 0.1) is 24.8 Å². The number of fused-ring (bicyclic) bond motifs is 3. The fourth-order valence-electron chi connectivity index (χ4n) is 8.44. The largest absolute Gasteiger partial charge is 0.410 e. The molecule has 2 radical (unpaired) electrons. The monoisotopic (exact) mass is 624 g/mol. The smallest absolute Gasteiger partial charge is 0.192 e. The molecule has 0 bridgehead atoms. The van der Waals surface area contributed by atoms with Gasteiger partial charge in [-0.2, -0.15) is 0 Å². The Kier molecular flexibility index (Phi) is 6.78. The molecule has 6 aliphatic rings. The topological polar surface area (TPSA) is 86.5 Å². The standard InChI is InChI=1S/C35H52N2O6Si/c1-31(2,3)44(10,11)43-20-16-23-29-27(25-13-15-33(6,7)37(25)39)22(26-19-40-34(8,9)41-26)17-21(24-12-14-32(4,5)36(24)38)28(29)30-35(23,18-20)42-30/h16-17,20,24-26,30H,12-15,18-19H2,1-11H3/t20-,24?,25?,26-,30+,35-/m1/s1. The Morgan fingerprint density at radius 1 is 0.886 bits per heavy atom. The van der Waals surface area contributed by atoms with E-state index in [0.29, 0.717) is 6.61 Å². The van der Waals surface area contributed by atoms with Crippen molar-refractivity contribution in [1.82, 2.24) is 10.1 Å². The highest BCUT2D eigenvalue weighted by molar-refractivity contribution is 6.74. The third-order valence-electron chi connectivity index (χ3n) is 12.1. The van der Waals surface area contributed by atoms with Crippen LogP contribution in [0.3, 0.4) is 0 Å². The maximum atomic E-state index is 14.1. The van der Waals surface area contributed by atoms with Gasteiger partial charge in [-0.25, -0.2) is 0 Å². The highest BCUT2D eigenvalue weighted by Gasteiger charge is 2.70. The number of hydrogen-bond acceptors (Lipinski definition) is 6. The number of hydroxylamine groups is 4. The first-order chi connectivity index (χ1) is 20.2. The van der Waals surface area contributed by atoms with Gasteiger partial charge in [0.15, 0.2) is 14.1 Å². The number of epoxide rings is 1. The van der Waals surface area contributed by atoms with Crippen molar-refractivity contribution in [1.29, 1.82) is 0 Å². The lowest BCUT2D eigenvalue weighted by molar-refractivity contribution is -0.222. The molecule has 4 aliphatic heterocycles. The molecule has 44 heavy (non-hydrogen) atoms. The van der Waals surface area contributed by atoms with E-state index in [1.807, 2.05) is 41.5 Å². The van der Waals surface area contributed by atoms with Crippen LogP contribution < -0.4 is 0 Å². The van der Waals surface area contributed by atoms with Crippen molar-refractivity contribution in [3.8, 4) is 0 Å². The second kappa shape index (κ2) is 9.48. The van der Waals surface area contributed by atoms with Crippen LogP contribution in [0, 0.1) is 0 Å². The summed E-state index contributed by atoms with van der Waals surface area (Å²) in [5, 5.41) is 30.6. The molecule has 1 aromatic rings. The van der Waals surface area contributed by atoms with E-state index in [0.717, 1.165) is 65.5 Å². The maximum Gasteiger partial charge on any atom is 0.192 e. The first-order valence-corrected chi connectivity index (χ1v) is 19.6. The molecule has 242 valence electrons. The highest BCUT2D eigenvalue weighted by Crippen LogP contribution is 2.72. The minimum atomic E-state index is -2.04. The van der Waals surface area contributed by atoms with Gasteiger partial charge >= 0.3 is 0 Å². The zero-order chi connectivity index (χ0) is 32.0. The lowest BCUT2D eigenvalue weighted by Crippen LogP contribution is -2.43. The van der Waals surface area contributed by atoms with Crippen LogP contribution in [-0.4, -0.2) is 53.6 Å². The molecule has 0 amide bonds. The molecule has 9 heteroatoms. The van der Waals surface area contributed by atoms with Crippen molar-refractivity contribution in [2.45, 2.75) is 165 Å². The zero-order valence-corrected chi connectivity index (χ0v) is 29.6. The Morgan fingerprint density at radius 2 is 1.50 bits per heavy atom. The Labute approximate surface area is 264 Å². The van der Waals surface area contributed by atoms with E-state index < -0.39 is 30.8 Å². The summed E-state index contributed by atoms with van der Waals surface area (Å²) in [4.78, 5) is 0. The first kappa shape index (κ1) is 31.5. The molecular weight excluding hydrogens is 572 g/mol. The summed E-state index contributed by atoms with van der Waals surface area (Å²) in [7, 11) is -2.04. The first-order valence-electron chi connectivity index (χ1n) is 16.7. The summed E-state index contributed by atoms with van der Waals surface area (Å²) in [6.45, 7) is 23.9. The van der Waals surface area contributed by atoms with E-state index in [2.05, 4.69) is 46.0 Å². The van der Waals surface area contributed by atoms with Gasteiger partial charge in [-0.3, -0.25) is 0 Å². The van der Waals surface area contributed by atoms with Crippen LogP contribution in [0.25, 0.3) is 5.57 Å². The van der Waals surface area contributed by atoms with Crippen molar-refractivity contribution in [2.24, 2.45) is 0 Å². The van der Waals surface area contributed by atoms with Crippen LogP contribution in [0.5, 0.6) is 0 Å². The summed E-state index contributed by atoms with van der Waals surface area (Å²) in [6.07, 6.45) is 5.79. The van der Waals surface area contributed by atoms with Crippen LogP contribution in [0.2, 0.25) is 18.1 Å². The summed E-state index contributed by atoms with van der Waals surface area (Å²) in [6, 6.07) is 1.62. The van der Waals surface area contributed by atoms with Crippen LogP contribution in [0.1, 0.15) is 147 Å². The van der Waals surface area contributed by atoms with E-state index in [-0.39, 0.29) is 35.4 Å². The molecule has 0 aromatic heterocycles. The minimum Gasteiger partial charge on any atom is -0.410 e. The lowest BCUT2D eigenvalue weighted by Gasteiger charge is -2.38. The van der Waals surface area contributed by atoms with Crippen molar-refractivity contribution in [3.63, 3.8) is 0 Å². The molecule has 0 saturated carbocycles. The molecule has 4 saturated heterocycles. The number of nitrogens with zero attached hydrogens (tertiary/aromatic N) is 2. The van der Waals surface area contributed by atoms with Crippen molar-refractivity contribution >= 4 is 13.9 Å². The molecule has 0 N–H and O–H groups in total. The third kappa shape index (κ3) is 4.52. The quantitative estimate of drug-likeness (QED) is 0.244. The van der Waals surface area contributed by atoms with Gasteiger partial charge in [0, 0.05) is 17.5 Å². The Balaban J connectivity index is 1.44. The highest BCUT2D eigenvalue weighted by atomic mass is 28.4. The average molecular weight is 625 g/mol. The van der Waals surface area contributed by atoms with E-state index >= 15 is 0 Å². The second-order valence-corrected chi connectivity index (χ2v) is 22.3. The van der Waals surface area contributed by atoms with Crippen molar-refractivity contribution in [2.75, 3.05) is 6.61 Å². The molecule has 6 atom stereocenters. The van der Waals surface area contributed by atoms with Crippen LogP contribution in [0.4, 0.5) is 0 Å². The molecule has 1 spiro atoms. The Morgan fingerprint density at radius 3 is 2.02 bits per heavy atom. The van der Waals surface area contributed by atoms with Crippen LogP contribution >= 0.6 is 0 Å². The Hall–Kier alpha value is -1.14. The van der Waals surface area contributed by atoms with Gasteiger partial charge in [-0.15, -0.1) is 20.5 Å². The zero-order valence-electron chi connectivity index (χ0n) is 28.6. The average Bonchev–Trinajstić information content (AvgIpc) is 3.18. The molecule has 2 unspecified atom stereocenters. The van der Waals surface area contributed by atoms with Crippen LogP contribution in [0.15, 0.2) is 12.1 Å². The second-order valence-electron chi connectivity index (χ2n) is 17.5. The summed E-state index contributed by atoms with van der Waals surface area (Å²) in [5.74, 6) is -0.728. The van der Waals surface area contributed by atoms with E-state index in [1.165, 1.54) is 10.1 Å². The summed E-state index contributed by atoms with van der Waals surface area (Å²) < 4.78 is 26.3. The molecule has 7 rings (SSSR count). The van der Waals surface area contributed by atoms with Crippen molar-refractivity contribution < 1.29 is 29.1 Å². The van der Waals surface area contributed by atoms with Gasteiger partial charge in [0.1, 0.15) is 17.8 Å². The predicted molar refractivity (Wildman–Crippen MR) is 169 cm³/mol. The van der Waals surface area contributed by atoms with Crippen molar-refractivity contribution in [3.05, 3.63) is 40.0 Å². The normalized spacial score (nSPS) is 37.3. The number of ether oxygens (including phenoxy) is 3. The fraction of sp³-hybridized carbons (Fsp3) is 0.771. The van der Waals surface area contributed by atoms with E-state index in [4.69, 9.17) is 18.6 Å².